The van der Waals surface area contributed by atoms with Gasteiger partial charge in [0.1, 0.15) is 41.6 Å². The Morgan fingerprint density at radius 3 is 1.14 bits per heavy atom. The number of carboxylic acids is 2. The SMILES string of the molecule is Cc1[nH]n(-c2ccc3c(c2)C(C)(C)CC3)c(=O)c1N=Nc1cccc(-c2cccc(C3=NN=NC3)c2)c1O.Cc1[nH]n(-c2ccc3c(c2)CCC3)c(=O)c1N=Nc1cccc(-c2ccc(C(=O)O)o2)c1O.Cc1[nH]n(-c2ccc3c(c2)CCCC3)c(=O)c1N=Nc1cccc(-c2cccc(C3=NN=NC3)c2)c1O.Cc1cc(N=Nc2c(C)[nH]n(-c3ccc4c(c3)CCCC4)c2=O)c(O)c(-c2cccc(C(=O)O)c2)c1. The molecule has 0 spiro atoms. The highest BCUT2D eigenvalue weighted by Crippen LogP contribution is 2.46. The summed E-state index contributed by atoms with van der Waals surface area (Å²) in [6.45, 7) is 14.2. The molecule has 35 heteroatoms. The highest BCUT2D eigenvalue weighted by molar-refractivity contribution is 6.04. The van der Waals surface area contributed by atoms with E-state index >= 15 is 0 Å². The predicted molar refractivity (Wildman–Crippen MR) is 545 cm³/mol. The van der Waals surface area contributed by atoms with Crippen LogP contribution in [0.4, 0.5) is 45.5 Å². The lowest BCUT2D eigenvalue weighted by Gasteiger charge is -2.19. The molecule has 11 aromatic carbocycles. The van der Waals surface area contributed by atoms with Crippen molar-refractivity contribution in [2.45, 2.75) is 137 Å². The van der Waals surface area contributed by atoms with Crippen molar-refractivity contribution < 1.29 is 44.6 Å². The maximum Gasteiger partial charge on any atom is 0.371 e. The average Bonchev–Trinajstić information content (AvgIpc) is 1.63. The number of nitrogens with one attached hydrogen (secondary N) is 4. The molecule has 0 radical (unpaired) electrons. The van der Waals surface area contributed by atoms with Crippen LogP contribution >= 0.6 is 0 Å². The van der Waals surface area contributed by atoms with Gasteiger partial charge >= 0.3 is 11.9 Å². The number of H-pyrrole nitrogens is 4. The summed E-state index contributed by atoms with van der Waals surface area (Å²) in [6.07, 6.45) is 14.2. The van der Waals surface area contributed by atoms with Gasteiger partial charge in [-0.15, -0.1) is 51.1 Å². The van der Waals surface area contributed by atoms with Crippen molar-refractivity contribution in [2.24, 2.45) is 71.8 Å². The van der Waals surface area contributed by atoms with Gasteiger partial charge in [0.25, 0.3) is 22.2 Å². The van der Waals surface area contributed by atoms with E-state index in [2.05, 4.69) is 148 Å². The number of carbonyl (C=O) groups is 2. The second-order valence-electron chi connectivity index (χ2n) is 36.6. The number of para-hydroxylation sites is 3. The molecule has 6 aliphatic rings. The number of aromatic amines is 4. The number of hydrogen-bond donors (Lipinski definition) is 10. The lowest BCUT2D eigenvalue weighted by Crippen LogP contribution is -2.16. The largest absolute Gasteiger partial charge is 0.505 e. The van der Waals surface area contributed by atoms with E-state index < -0.39 is 11.9 Å². The summed E-state index contributed by atoms with van der Waals surface area (Å²) in [5.41, 5.74) is 24.4. The van der Waals surface area contributed by atoms with Gasteiger partial charge in [-0.1, -0.05) is 117 Å². The maximum absolute atomic E-state index is 13.3. The lowest BCUT2D eigenvalue weighted by atomic mass is 9.86. The van der Waals surface area contributed by atoms with Crippen LogP contribution < -0.4 is 22.2 Å². The van der Waals surface area contributed by atoms with Crippen molar-refractivity contribution >= 4 is 68.9 Å². The van der Waals surface area contributed by atoms with Crippen LogP contribution in [0.5, 0.6) is 23.0 Å². The molecule has 4 aliphatic carbocycles. The number of nitrogens with zero attached hydrogens (tertiary/aromatic N) is 18. The van der Waals surface area contributed by atoms with Gasteiger partial charge < -0.3 is 35.1 Å². The summed E-state index contributed by atoms with van der Waals surface area (Å²) in [5, 5.41) is 131. The molecule has 144 heavy (non-hydrogen) atoms. The third-order valence-corrected chi connectivity index (χ3v) is 26.5. The first-order valence-corrected chi connectivity index (χ1v) is 47.1. The number of aryl methyl sites for hydroxylation is 12. The Morgan fingerprint density at radius 1 is 0.347 bits per heavy atom. The quantitative estimate of drug-likeness (QED) is 0.0318. The Labute approximate surface area is 821 Å². The van der Waals surface area contributed by atoms with Crippen LogP contribution in [-0.2, 0) is 50.4 Å². The zero-order chi connectivity index (χ0) is 100. The number of carboxylic acid groups (broad SMARTS) is 2. The fraction of sp³-hybridized carbons (Fsp3) is 0.211. The predicted octanol–water partition coefficient (Wildman–Crippen LogP) is 24.2. The van der Waals surface area contributed by atoms with Crippen LogP contribution in [0.25, 0.3) is 67.5 Å². The van der Waals surface area contributed by atoms with E-state index in [0.29, 0.717) is 58.1 Å². The number of hydrogen-bond acceptors (Lipinski definition) is 25. The molecular weight excluding hydrogens is 1830 g/mol. The van der Waals surface area contributed by atoms with Gasteiger partial charge in [0.15, 0.2) is 45.7 Å². The standard InChI is InChI=1S/C29H27N7O2.C28H25N7O2.C28H26N4O4.C24H20N4O5/c1-17-26(28(38)36(34-17)21-11-10-18-12-13-29(2,3)23(18)15-21)33-31-24-9-5-8-22(27(24)37)19-6-4-7-20(14-19)25-16-30-35-32-25;1-17-26(28(37)35(33-17)22-13-12-18-6-2-3-7-19(18)15-22)32-30-24-11-5-10-23(27(24)36)20-8-4-9-21(14-20)25-16-29-34-31-25;1-16-12-23(20-8-5-9-21(14-20)28(35)36)26(33)24(13-16)29-30-25-17(2)31-32(27(25)34)22-11-10-18-6-3-4-7-19(18)15-22;1-13-21(23(30)28(27-13)16-9-8-14-4-2-5-15(14)12-16)26-25-18-7-3-6-17(22(18)29)19-10-11-20(33-19)24(31)32/h4-11,14-15,34,37H,12-13,16H2,1-3H3;4-5,8-15,33,36H,2-3,6-7,16H2,1H3;5,8-15,31,33H,3-4,6-7H2,1-2H3,(H,35,36);3,6-12,27,29H,2,4-5H2,1H3,(H,31,32). The number of aromatic nitrogens is 8. The van der Waals surface area contributed by atoms with Gasteiger partial charge in [-0.2, -0.15) is 10.2 Å². The number of aromatic carboxylic acids is 2. The molecule has 10 N–H and O–H groups in total. The Hall–Kier alpha value is -18.2. The van der Waals surface area contributed by atoms with Crippen LogP contribution in [0.1, 0.15) is 157 Å². The van der Waals surface area contributed by atoms with E-state index in [1.54, 1.807) is 88.4 Å². The van der Waals surface area contributed by atoms with Crippen molar-refractivity contribution in [3.8, 4) is 90.5 Å². The average molecular weight is 1920 g/mol. The van der Waals surface area contributed by atoms with Gasteiger partial charge in [0, 0.05) is 27.8 Å². The summed E-state index contributed by atoms with van der Waals surface area (Å²) < 4.78 is 11.2. The first-order valence-electron chi connectivity index (χ1n) is 47.1. The second-order valence-corrected chi connectivity index (χ2v) is 36.6. The first-order chi connectivity index (χ1) is 69.6. The smallest absolute Gasteiger partial charge is 0.371 e. The molecule has 0 amide bonds. The van der Waals surface area contributed by atoms with E-state index in [-0.39, 0.29) is 119 Å². The van der Waals surface area contributed by atoms with Crippen molar-refractivity contribution in [1.82, 2.24) is 39.1 Å². The van der Waals surface area contributed by atoms with Crippen molar-refractivity contribution in [2.75, 3.05) is 13.1 Å². The van der Waals surface area contributed by atoms with Gasteiger partial charge in [-0.05, 0) is 322 Å². The normalized spacial score (nSPS) is 14.2. The molecule has 0 unspecified atom stereocenters. The Balaban J connectivity index is 0.000000122. The van der Waals surface area contributed by atoms with E-state index in [9.17, 15) is 54.3 Å². The summed E-state index contributed by atoms with van der Waals surface area (Å²) in [7, 11) is 0. The van der Waals surface area contributed by atoms with Crippen LogP contribution in [0.3, 0.4) is 0 Å². The number of furan rings is 1. The topological polar surface area (TPSA) is 493 Å². The maximum atomic E-state index is 13.3. The minimum Gasteiger partial charge on any atom is -0.505 e. The highest BCUT2D eigenvalue weighted by Gasteiger charge is 2.32. The van der Waals surface area contributed by atoms with E-state index in [0.717, 1.165) is 126 Å². The second kappa shape index (κ2) is 40.3. The number of rotatable bonds is 20. The number of fused-ring (bicyclic) bond motifs is 4. The van der Waals surface area contributed by atoms with Crippen LogP contribution in [0, 0.1) is 34.6 Å². The zero-order valence-electron chi connectivity index (χ0n) is 79.6. The Morgan fingerprint density at radius 2 is 0.715 bits per heavy atom. The monoisotopic (exact) mass is 1920 g/mol. The third-order valence-electron chi connectivity index (χ3n) is 26.5. The molecule has 35 nitrogen and oxygen atoms in total. The fourth-order valence-corrected chi connectivity index (χ4v) is 18.7. The molecular formula is C109H98N22O13. The van der Waals surface area contributed by atoms with Crippen molar-refractivity contribution in [1.29, 1.82) is 0 Å². The molecule has 722 valence electrons. The summed E-state index contributed by atoms with van der Waals surface area (Å²) >= 11 is 0. The number of aromatic hydroxyl groups is 4. The molecule has 0 fully saturated rings. The molecule has 16 aromatic rings. The Kier molecular flexibility index (Phi) is 26.5. The van der Waals surface area contributed by atoms with Gasteiger partial charge in [0.2, 0.25) is 5.76 Å². The van der Waals surface area contributed by atoms with Crippen LogP contribution in [0.2, 0.25) is 0 Å². The number of azo groups is 4. The summed E-state index contributed by atoms with van der Waals surface area (Å²) in [5.74, 6) is -2.75. The van der Waals surface area contributed by atoms with E-state index in [1.165, 1.54) is 113 Å². The molecule has 22 rings (SSSR count). The lowest BCUT2D eigenvalue weighted by molar-refractivity contribution is 0.0660. The minimum atomic E-state index is -1.21. The van der Waals surface area contributed by atoms with Crippen molar-refractivity contribution in [3.05, 3.63) is 361 Å². The van der Waals surface area contributed by atoms with Crippen LogP contribution in [0.15, 0.2) is 320 Å². The Bertz CT molecular complexity index is 8360. The molecule has 0 atom stereocenters. The van der Waals surface area contributed by atoms with E-state index in [4.69, 9.17) is 9.52 Å². The third kappa shape index (κ3) is 19.6. The van der Waals surface area contributed by atoms with Gasteiger partial charge in [0.05, 0.1) is 68.1 Å². The van der Waals surface area contributed by atoms with Gasteiger partial charge in [-0.3, -0.25) is 39.6 Å². The number of benzene rings is 11. The molecule has 7 heterocycles. The fourth-order valence-electron chi connectivity index (χ4n) is 18.7. The molecule has 0 saturated carbocycles. The minimum absolute atomic E-state index is 0.0191. The molecule has 0 bridgehead atoms. The number of phenols is 4. The van der Waals surface area contributed by atoms with E-state index in [1.807, 2.05) is 97.9 Å². The zero-order valence-corrected chi connectivity index (χ0v) is 79.6. The molecule has 0 saturated heterocycles. The molecule has 5 aromatic heterocycles. The van der Waals surface area contributed by atoms with Gasteiger partial charge in [-0.25, -0.2) is 28.3 Å². The van der Waals surface area contributed by atoms with Crippen LogP contribution in [-0.4, -0.2) is 106 Å². The molecule has 2 aliphatic heterocycles. The summed E-state index contributed by atoms with van der Waals surface area (Å²) in [4.78, 5) is 75.1. The summed E-state index contributed by atoms with van der Waals surface area (Å²) in [6, 6.07) is 67.4. The highest BCUT2D eigenvalue weighted by atomic mass is 16.4. The van der Waals surface area contributed by atoms with Crippen molar-refractivity contribution in [3.63, 3.8) is 0 Å². The first kappa shape index (κ1) is 94.8. The number of phenolic OH excluding ortho intramolecular Hbond substituents is 4.